The van der Waals surface area contributed by atoms with Gasteiger partial charge in [0.25, 0.3) is 10.0 Å². The quantitative estimate of drug-likeness (QED) is 0.644. The van der Waals surface area contributed by atoms with Crippen LogP contribution >= 0.6 is 0 Å². The van der Waals surface area contributed by atoms with Crippen molar-refractivity contribution in [1.82, 2.24) is 19.7 Å². The van der Waals surface area contributed by atoms with Crippen LogP contribution in [0.3, 0.4) is 0 Å². The molecule has 0 saturated carbocycles. The Balaban J connectivity index is 2.24. The zero-order valence-corrected chi connectivity index (χ0v) is 15.2. The number of rotatable bonds is 6. The molecule has 2 N–H and O–H groups in total. The van der Waals surface area contributed by atoms with Gasteiger partial charge in [-0.1, -0.05) is 12.1 Å². The number of aromatic nitrogens is 3. The fourth-order valence-corrected chi connectivity index (χ4v) is 2.96. The van der Waals surface area contributed by atoms with Gasteiger partial charge in [-0.05, 0) is 12.1 Å². The Morgan fingerprint density at radius 1 is 0.963 bits per heavy atom. The number of carbonyl (C=O) groups is 2. The molecule has 27 heavy (non-hydrogen) atoms. The Morgan fingerprint density at radius 3 is 2.11 bits per heavy atom. The highest BCUT2D eigenvalue weighted by Crippen LogP contribution is 2.17. The zero-order valence-electron chi connectivity index (χ0n) is 14.4. The minimum atomic E-state index is -4.39. The largest absolute Gasteiger partial charge is 0.467 e. The second-order valence-electron chi connectivity index (χ2n) is 4.68. The highest BCUT2D eigenvalue weighted by molar-refractivity contribution is 7.90. The third-order valence-electron chi connectivity index (χ3n) is 2.99. The highest BCUT2D eigenvalue weighted by Gasteiger charge is 2.25. The SMILES string of the molecule is COC(=O)c1ccccc1S(=O)(=O)NC(=O)Nc1nc(OC)nc(OC)n1. The topological polar surface area (TPSA) is 159 Å². The number of methoxy groups -OCH3 is 3. The molecular formula is C14H15N5O7S. The summed E-state index contributed by atoms with van der Waals surface area (Å²) < 4.78 is 40.8. The average Bonchev–Trinajstić information content (AvgIpc) is 2.66. The molecule has 144 valence electrons. The fraction of sp³-hybridized carbons (Fsp3) is 0.214. The maximum absolute atomic E-state index is 12.4. The van der Waals surface area contributed by atoms with Crippen molar-refractivity contribution in [2.75, 3.05) is 26.6 Å². The number of hydrogen-bond donors (Lipinski definition) is 2. The van der Waals surface area contributed by atoms with Crippen molar-refractivity contribution in [3.63, 3.8) is 0 Å². The molecule has 0 unspecified atom stereocenters. The molecule has 0 atom stereocenters. The van der Waals surface area contributed by atoms with Gasteiger partial charge in [0.2, 0.25) is 5.95 Å². The molecule has 2 rings (SSSR count). The van der Waals surface area contributed by atoms with E-state index in [0.29, 0.717) is 0 Å². The average molecular weight is 397 g/mol. The van der Waals surface area contributed by atoms with Gasteiger partial charge in [-0.15, -0.1) is 4.98 Å². The summed E-state index contributed by atoms with van der Waals surface area (Å²) >= 11 is 0. The first-order valence-corrected chi connectivity index (χ1v) is 8.64. The third-order valence-corrected chi connectivity index (χ3v) is 4.38. The first-order chi connectivity index (χ1) is 12.8. The minimum absolute atomic E-state index is 0.156. The van der Waals surface area contributed by atoms with Crippen LogP contribution < -0.4 is 19.5 Å². The molecule has 0 aliphatic rings. The summed E-state index contributed by atoms with van der Waals surface area (Å²) in [5.41, 5.74) is -0.233. The summed E-state index contributed by atoms with van der Waals surface area (Å²) in [7, 11) is -0.720. The Hall–Kier alpha value is -3.48. The number of hydrogen-bond acceptors (Lipinski definition) is 10. The summed E-state index contributed by atoms with van der Waals surface area (Å²) in [4.78, 5) is 34.6. The molecule has 0 fully saturated rings. The number of esters is 1. The van der Waals surface area contributed by atoms with Crippen LogP contribution in [0.25, 0.3) is 0 Å². The van der Waals surface area contributed by atoms with Crippen LogP contribution in [0.5, 0.6) is 12.0 Å². The first-order valence-electron chi connectivity index (χ1n) is 7.16. The lowest BCUT2D eigenvalue weighted by molar-refractivity contribution is 0.0596. The second kappa shape index (κ2) is 8.27. The van der Waals surface area contributed by atoms with E-state index in [2.05, 4.69) is 25.0 Å². The van der Waals surface area contributed by atoms with Crippen LogP contribution in [-0.4, -0.2) is 56.7 Å². The number of urea groups is 1. The van der Waals surface area contributed by atoms with Crippen molar-refractivity contribution >= 4 is 28.0 Å². The zero-order chi connectivity index (χ0) is 20.0. The molecule has 0 aliphatic heterocycles. The van der Waals surface area contributed by atoms with Gasteiger partial charge in [0.15, 0.2) is 0 Å². The molecule has 0 aliphatic carbocycles. The smallest absolute Gasteiger partial charge is 0.339 e. The van der Waals surface area contributed by atoms with Crippen LogP contribution in [0, 0.1) is 0 Å². The van der Waals surface area contributed by atoms with E-state index in [4.69, 9.17) is 9.47 Å². The van der Waals surface area contributed by atoms with Gasteiger partial charge in [-0.25, -0.2) is 22.7 Å². The van der Waals surface area contributed by atoms with Crippen molar-refractivity contribution in [1.29, 1.82) is 0 Å². The van der Waals surface area contributed by atoms with Crippen molar-refractivity contribution in [2.24, 2.45) is 0 Å². The van der Waals surface area contributed by atoms with E-state index in [1.165, 1.54) is 32.4 Å². The van der Waals surface area contributed by atoms with E-state index < -0.39 is 26.9 Å². The van der Waals surface area contributed by atoms with Gasteiger partial charge >= 0.3 is 24.0 Å². The normalized spacial score (nSPS) is 10.6. The van der Waals surface area contributed by atoms with E-state index in [1.807, 2.05) is 0 Å². The molecule has 0 saturated heterocycles. The number of nitrogens with zero attached hydrogens (tertiary/aromatic N) is 3. The van der Waals surface area contributed by atoms with E-state index in [1.54, 1.807) is 4.72 Å². The molecule has 0 radical (unpaired) electrons. The number of carbonyl (C=O) groups excluding carboxylic acids is 2. The Kier molecular flexibility index (Phi) is 6.07. The van der Waals surface area contributed by atoms with Crippen LogP contribution in [0.2, 0.25) is 0 Å². The number of amides is 2. The van der Waals surface area contributed by atoms with E-state index in [-0.39, 0.29) is 23.5 Å². The van der Waals surface area contributed by atoms with E-state index in [0.717, 1.165) is 13.2 Å². The summed E-state index contributed by atoms with van der Waals surface area (Å²) in [5.74, 6) is -1.18. The van der Waals surface area contributed by atoms with Crippen LogP contribution in [-0.2, 0) is 14.8 Å². The molecule has 1 aromatic carbocycles. The maximum Gasteiger partial charge on any atom is 0.339 e. The van der Waals surface area contributed by atoms with Gasteiger partial charge in [0, 0.05) is 0 Å². The second-order valence-corrected chi connectivity index (χ2v) is 6.33. The van der Waals surface area contributed by atoms with E-state index >= 15 is 0 Å². The first kappa shape index (κ1) is 19.8. The molecule has 1 aromatic heterocycles. The summed E-state index contributed by atoms with van der Waals surface area (Å²) in [6.07, 6.45) is 0. The minimum Gasteiger partial charge on any atom is -0.467 e. The summed E-state index contributed by atoms with van der Waals surface area (Å²) in [6, 6.07) is 3.75. The summed E-state index contributed by atoms with van der Waals surface area (Å²) in [6.45, 7) is 0. The lowest BCUT2D eigenvalue weighted by atomic mass is 10.2. The molecule has 12 nitrogen and oxygen atoms in total. The molecule has 0 bridgehead atoms. The summed E-state index contributed by atoms with van der Waals surface area (Å²) in [5, 5.41) is 2.11. The molecule has 2 amide bonds. The molecule has 2 aromatic rings. The number of ether oxygens (including phenoxy) is 3. The molecule has 1 heterocycles. The Morgan fingerprint density at radius 2 is 1.56 bits per heavy atom. The maximum atomic E-state index is 12.4. The monoisotopic (exact) mass is 397 g/mol. The highest BCUT2D eigenvalue weighted by atomic mass is 32.2. The number of anilines is 1. The van der Waals surface area contributed by atoms with Gasteiger partial charge in [0.05, 0.1) is 26.9 Å². The number of benzene rings is 1. The van der Waals surface area contributed by atoms with Gasteiger partial charge in [-0.2, -0.15) is 9.97 Å². The predicted molar refractivity (Wildman–Crippen MR) is 90.1 cm³/mol. The molecule has 13 heteroatoms. The van der Waals surface area contributed by atoms with Gasteiger partial charge in [-0.3, -0.25) is 5.32 Å². The number of nitrogens with one attached hydrogen (secondary N) is 2. The van der Waals surface area contributed by atoms with Crippen molar-refractivity contribution < 1.29 is 32.2 Å². The van der Waals surface area contributed by atoms with Gasteiger partial charge in [0.1, 0.15) is 4.90 Å². The van der Waals surface area contributed by atoms with Crippen LogP contribution in [0.15, 0.2) is 29.2 Å². The third kappa shape index (κ3) is 4.78. The Labute approximate surface area is 153 Å². The predicted octanol–water partition coefficient (Wildman–Crippen LogP) is 0.186. The Bertz CT molecular complexity index is 942. The van der Waals surface area contributed by atoms with Crippen LogP contribution in [0.1, 0.15) is 10.4 Å². The van der Waals surface area contributed by atoms with Crippen LogP contribution in [0.4, 0.5) is 10.7 Å². The fourth-order valence-electron chi connectivity index (χ4n) is 1.86. The molecular weight excluding hydrogens is 382 g/mol. The standard InChI is InChI=1S/C14H15N5O7S/c1-24-10(20)8-6-4-5-7-9(8)27(22,23)19-12(21)15-11-16-13(25-2)18-14(17-11)26-3/h4-7H,1-3H3,(H2,15,16,17,18,19,21). The molecule has 0 spiro atoms. The number of sulfonamides is 1. The lowest BCUT2D eigenvalue weighted by Crippen LogP contribution is -2.35. The van der Waals surface area contributed by atoms with Crippen molar-refractivity contribution in [2.45, 2.75) is 4.90 Å². The van der Waals surface area contributed by atoms with Crippen molar-refractivity contribution in [3.05, 3.63) is 29.8 Å². The van der Waals surface area contributed by atoms with E-state index in [9.17, 15) is 18.0 Å². The lowest BCUT2D eigenvalue weighted by Gasteiger charge is -2.11. The van der Waals surface area contributed by atoms with Crippen molar-refractivity contribution in [3.8, 4) is 12.0 Å². The van der Waals surface area contributed by atoms with Gasteiger partial charge < -0.3 is 14.2 Å².